The summed E-state index contributed by atoms with van der Waals surface area (Å²) >= 11 is 0. The predicted octanol–water partition coefficient (Wildman–Crippen LogP) is 3.59. The van der Waals surface area contributed by atoms with E-state index >= 15 is 0 Å². The van der Waals surface area contributed by atoms with Crippen LogP contribution >= 0.6 is 0 Å². The normalized spacial score (nSPS) is 10.8. The maximum absolute atomic E-state index is 11.6. The largest absolute Gasteiger partial charge is 0.299 e. The van der Waals surface area contributed by atoms with Crippen molar-refractivity contribution in [3.63, 3.8) is 0 Å². The van der Waals surface area contributed by atoms with Crippen LogP contribution in [-0.4, -0.2) is 16.6 Å². The molecule has 1 rings (SSSR count). The molecule has 0 aromatic carbocycles. The topological polar surface area (TPSA) is 47.0 Å². The molecular weight excluding hydrogens is 238 g/mol. The molecule has 1 aromatic rings. The van der Waals surface area contributed by atoms with E-state index in [0.717, 1.165) is 18.5 Å². The van der Waals surface area contributed by atoms with Gasteiger partial charge in [0.25, 0.3) is 0 Å². The molecule has 0 saturated carbocycles. The van der Waals surface area contributed by atoms with Crippen molar-refractivity contribution in [3.8, 4) is 0 Å². The molecule has 3 nitrogen and oxygen atoms in total. The molecule has 0 amide bonds. The monoisotopic (exact) mass is 259 g/mol. The minimum absolute atomic E-state index is 0.0340. The fourth-order valence-electron chi connectivity index (χ4n) is 1.69. The van der Waals surface area contributed by atoms with E-state index in [2.05, 4.69) is 4.98 Å². The smallest absolute Gasteiger partial charge is 0.140 e. The van der Waals surface area contributed by atoms with Crippen molar-refractivity contribution in [1.82, 2.24) is 4.98 Å². The lowest BCUT2D eigenvalue weighted by molar-refractivity contribution is -0.127. The number of aromatic nitrogens is 1. The maximum atomic E-state index is 11.6. The molecule has 0 spiro atoms. The molecule has 0 N–H and O–H groups in total. The second-order valence-electron chi connectivity index (χ2n) is 4.55. The fraction of sp³-hybridized carbons (Fsp3) is 0.438. The molecule has 0 fully saturated rings. The molecule has 1 heterocycles. The lowest BCUT2D eigenvalue weighted by Gasteiger charge is -1.98. The number of carbonyl (C=O) groups excluding carboxylic acids is 2. The van der Waals surface area contributed by atoms with Gasteiger partial charge in [0.05, 0.1) is 12.1 Å². The molecule has 0 atom stereocenters. The number of pyridine rings is 1. The van der Waals surface area contributed by atoms with Crippen LogP contribution in [0.4, 0.5) is 0 Å². The van der Waals surface area contributed by atoms with Crippen molar-refractivity contribution >= 4 is 17.6 Å². The number of hydrogen-bond donors (Lipinski definition) is 0. The van der Waals surface area contributed by atoms with Gasteiger partial charge in [0.2, 0.25) is 0 Å². The van der Waals surface area contributed by atoms with Gasteiger partial charge in [0.15, 0.2) is 0 Å². The van der Waals surface area contributed by atoms with Crippen molar-refractivity contribution in [1.29, 1.82) is 0 Å². The van der Waals surface area contributed by atoms with E-state index in [1.807, 2.05) is 37.3 Å². The van der Waals surface area contributed by atoms with Crippen LogP contribution in [0.5, 0.6) is 0 Å². The zero-order chi connectivity index (χ0) is 13.9. The first-order valence-electron chi connectivity index (χ1n) is 6.83. The standard InChI is InChI=1S/C16H21NO2/c1-2-3-10-15(18)13-16(19)11-5-4-8-14-9-6-7-12-17-14/h4,6-9,12H,2-3,5,10-11,13H2,1H3. The summed E-state index contributed by atoms with van der Waals surface area (Å²) in [5, 5.41) is 0. The molecule has 0 aliphatic rings. The predicted molar refractivity (Wildman–Crippen MR) is 76.7 cm³/mol. The van der Waals surface area contributed by atoms with Crippen molar-refractivity contribution in [2.24, 2.45) is 0 Å². The van der Waals surface area contributed by atoms with E-state index in [4.69, 9.17) is 0 Å². The Morgan fingerprint density at radius 3 is 2.68 bits per heavy atom. The number of Topliss-reactive ketones (excluding diaryl/α,β-unsaturated/α-hetero) is 2. The summed E-state index contributed by atoms with van der Waals surface area (Å²) < 4.78 is 0. The lowest BCUT2D eigenvalue weighted by atomic mass is 10.1. The number of allylic oxidation sites excluding steroid dienone is 1. The highest BCUT2D eigenvalue weighted by Crippen LogP contribution is 2.04. The lowest BCUT2D eigenvalue weighted by Crippen LogP contribution is -2.06. The maximum Gasteiger partial charge on any atom is 0.140 e. The summed E-state index contributed by atoms with van der Waals surface area (Å²) in [5.74, 6) is 0.104. The van der Waals surface area contributed by atoms with E-state index in [1.54, 1.807) is 6.20 Å². The molecule has 0 saturated heterocycles. The van der Waals surface area contributed by atoms with Crippen molar-refractivity contribution in [2.75, 3.05) is 0 Å². The Morgan fingerprint density at radius 1 is 1.21 bits per heavy atom. The van der Waals surface area contributed by atoms with Gasteiger partial charge in [-0.25, -0.2) is 0 Å². The van der Waals surface area contributed by atoms with Crippen LogP contribution in [0.15, 0.2) is 30.5 Å². The van der Waals surface area contributed by atoms with Gasteiger partial charge in [-0.2, -0.15) is 0 Å². The molecule has 0 bridgehead atoms. The van der Waals surface area contributed by atoms with Crippen LogP contribution in [0.1, 0.15) is 51.1 Å². The molecule has 3 heteroatoms. The van der Waals surface area contributed by atoms with Gasteiger partial charge >= 0.3 is 0 Å². The molecule has 19 heavy (non-hydrogen) atoms. The number of rotatable bonds is 9. The fourth-order valence-corrected chi connectivity index (χ4v) is 1.69. The minimum Gasteiger partial charge on any atom is -0.299 e. The summed E-state index contributed by atoms with van der Waals surface area (Å²) in [6.07, 6.45) is 9.15. The third-order valence-corrected chi connectivity index (χ3v) is 2.77. The number of ketones is 2. The third-order valence-electron chi connectivity index (χ3n) is 2.77. The van der Waals surface area contributed by atoms with Crippen LogP contribution in [0.25, 0.3) is 6.08 Å². The quantitative estimate of drug-likeness (QED) is 0.637. The SMILES string of the molecule is CCCCC(=O)CC(=O)CCC=Cc1ccccn1. The van der Waals surface area contributed by atoms with E-state index in [1.165, 1.54) is 0 Å². The van der Waals surface area contributed by atoms with Gasteiger partial charge in [-0.1, -0.05) is 25.5 Å². The zero-order valence-corrected chi connectivity index (χ0v) is 11.5. The Labute approximate surface area is 114 Å². The van der Waals surface area contributed by atoms with Crippen LogP contribution in [0.3, 0.4) is 0 Å². The number of hydrogen-bond acceptors (Lipinski definition) is 3. The van der Waals surface area contributed by atoms with E-state index in [0.29, 0.717) is 19.3 Å². The number of nitrogens with zero attached hydrogens (tertiary/aromatic N) is 1. The average molecular weight is 259 g/mol. The van der Waals surface area contributed by atoms with Crippen molar-refractivity contribution in [2.45, 2.75) is 45.4 Å². The van der Waals surface area contributed by atoms with Gasteiger partial charge in [-0.15, -0.1) is 0 Å². The second kappa shape index (κ2) is 9.20. The first kappa shape index (κ1) is 15.3. The summed E-state index contributed by atoms with van der Waals surface area (Å²) in [7, 11) is 0. The molecular formula is C16H21NO2. The van der Waals surface area contributed by atoms with Gasteiger partial charge in [-0.05, 0) is 31.1 Å². The van der Waals surface area contributed by atoms with Crippen LogP contribution in [0.2, 0.25) is 0 Å². The molecule has 0 radical (unpaired) electrons. The minimum atomic E-state index is 0.0340. The van der Waals surface area contributed by atoms with E-state index in [9.17, 15) is 9.59 Å². The van der Waals surface area contributed by atoms with Gasteiger partial charge in [-0.3, -0.25) is 14.6 Å². The highest BCUT2D eigenvalue weighted by Gasteiger charge is 2.07. The van der Waals surface area contributed by atoms with Gasteiger partial charge in [0, 0.05) is 19.0 Å². The summed E-state index contributed by atoms with van der Waals surface area (Å²) in [6, 6.07) is 5.69. The Kier molecular flexibility index (Phi) is 7.40. The zero-order valence-electron chi connectivity index (χ0n) is 11.5. The Bertz CT molecular complexity index is 424. The first-order valence-corrected chi connectivity index (χ1v) is 6.83. The number of unbranched alkanes of at least 4 members (excludes halogenated alkanes) is 1. The van der Waals surface area contributed by atoms with Gasteiger partial charge in [0.1, 0.15) is 11.6 Å². The average Bonchev–Trinajstić information content (AvgIpc) is 2.42. The second-order valence-corrected chi connectivity index (χ2v) is 4.55. The van der Waals surface area contributed by atoms with Crippen LogP contribution < -0.4 is 0 Å². The molecule has 102 valence electrons. The van der Waals surface area contributed by atoms with Gasteiger partial charge < -0.3 is 0 Å². The Balaban J connectivity index is 2.20. The molecule has 1 aromatic heterocycles. The highest BCUT2D eigenvalue weighted by molar-refractivity contribution is 5.99. The molecule has 0 aliphatic carbocycles. The third kappa shape index (κ3) is 7.29. The Morgan fingerprint density at radius 2 is 2.00 bits per heavy atom. The summed E-state index contributed by atoms with van der Waals surface area (Å²) in [6.45, 7) is 2.04. The van der Waals surface area contributed by atoms with Crippen LogP contribution in [0, 0.1) is 0 Å². The van der Waals surface area contributed by atoms with Crippen molar-refractivity contribution in [3.05, 3.63) is 36.2 Å². The Hall–Kier alpha value is -1.77. The molecule has 0 unspecified atom stereocenters. The first-order chi connectivity index (χ1) is 9.22. The van der Waals surface area contributed by atoms with E-state index in [-0.39, 0.29) is 18.0 Å². The van der Waals surface area contributed by atoms with Crippen molar-refractivity contribution < 1.29 is 9.59 Å². The summed E-state index contributed by atoms with van der Waals surface area (Å²) in [5.41, 5.74) is 0.883. The highest BCUT2D eigenvalue weighted by atomic mass is 16.1. The molecule has 0 aliphatic heterocycles. The van der Waals surface area contributed by atoms with E-state index < -0.39 is 0 Å². The number of carbonyl (C=O) groups is 2. The summed E-state index contributed by atoms with van der Waals surface area (Å²) in [4.78, 5) is 27.1. The van der Waals surface area contributed by atoms with Crippen LogP contribution in [-0.2, 0) is 9.59 Å².